The number of guanidine groups is 1. The molecule has 0 aliphatic carbocycles. The van der Waals surface area contributed by atoms with E-state index in [2.05, 4.69) is 9.73 Å². The number of carbonyl (C=O) groups excluding carboxylic acids is 1. The van der Waals surface area contributed by atoms with Gasteiger partial charge in [0, 0.05) is 19.2 Å². The molecule has 2 aromatic carbocycles. The second kappa shape index (κ2) is 8.84. The minimum Gasteiger partial charge on any atom is -0.491 e. The Balaban J connectivity index is 2.21. The molecule has 1 amide bonds. The first kappa shape index (κ1) is 22.4. The molecule has 166 valence electrons. The average Bonchev–Trinajstić information content (AvgIpc) is 2.98. The molecule has 10 heteroatoms. The number of hydrogen-bond acceptors (Lipinski definition) is 6. The van der Waals surface area contributed by atoms with Gasteiger partial charge in [0.2, 0.25) is 0 Å². The number of halogens is 3. The summed E-state index contributed by atoms with van der Waals surface area (Å²) in [6.07, 6.45) is 0.660. The Morgan fingerprint density at radius 3 is 2.42 bits per heavy atom. The number of likely N-dealkylation sites (N-methyl/N-ethyl adjacent to an activating group) is 1. The Bertz CT molecular complexity index is 1020. The number of ether oxygens (including phenoxy) is 2. The van der Waals surface area contributed by atoms with Crippen molar-refractivity contribution in [3.63, 3.8) is 0 Å². The van der Waals surface area contributed by atoms with E-state index in [9.17, 15) is 18.0 Å². The van der Waals surface area contributed by atoms with Gasteiger partial charge in [-0.1, -0.05) is 19.1 Å². The van der Waals surface area contributed by atoms with Crippen molar-refractivity contribution in [2.75, 3.05) is 13.7 Å². The van der Waals surface area contributed by atoms with Crippen molar-refractivity contribution in [3.8, 4) is 11.5 Å². The number of nitrogens with two attached hydrogens (primary N) is 2. The van der Waals surface area contributed by atoms with E-state index < -0.39 is 23.9 Å². The van der Waals surface area contributed by atoms with Crippen LogP contribution in [0, 0.1) is 5.82 Å². The first-order valence-corrected chi connectivity index (χ1v) is 9.59. The summed E-state index contributed by atoms with van der Waals surface area (Å²) in [5.41, 5.74) is 10.9. The van der Waals surface area contributed by atoms with Gasteiger partial charge >= 0.3 is 6.61 Å². The maximum absolute atomic E-state index is 14.3. The third kappa shape index (κ3) is 4.02. The van der Waals surface area contributed by atoms with E-state index in [-0.39, 0.29) is 36.2 Å². The highest BCUT2D eigenvalue weighted by Crippen LogP contribution is 2.42. The lowest BCUT2D eigenvalue weighted by Gasteiger charge is -2.27. The summed E-state index contributed by atoms with van der Waals surface area (Å²) in [4.78, 5) is 18.9. The minimum atomic E-state index is -3.03. The van der Waals surface area contributed by atoms with Crippen LogP contribution in [-0.2, 0) is 16.9 Å². The number of nitrogens with zero attached hydrogens (tertiary/aromatic N) is 2. The zero-order valence-corrected chi connectivity index (χ0v) is 17.1. The van der Waals surface area contributed by atoms with Crippen molar-refractivity contribution in [1.29, 1.82) is 0 Å². The van der Waals surface area contributed by atoms with Gasteiger partial charge in [-0.3, -0.25) is 9.69 Å². The smallest absolute Gasteiger partial charge is 0.387 e. The first-order chi connectivity index (χ1) is 14.7. The fraction of sp³-hybridized carbons (Fsp3) is 0.333. The van der Waals surface area contributed by atoms with Crippen LogP contribution in [-0.4, -0.2) is 37.0 Å². The molecule has 0 radical (unpaired) electrons. The molecule has 0 aromatic heterocycles. The Kier molecular flexibility index (Phi) is 6.40. The number of benzene rings is 2. The molecule has 1 heterocycles. The molecular weight excluding hydrogens is 413 g/mol. The van der Waals surface area contributed by atoms with Crippen LogP contribution in [0.4, 0.5) is 13.2 Å². The highest BCUT2D eigenvalue weighted by molar-refractivity contribution is 6.09. The van der Waals surface area contributed by atoms with Gasteiger partial charge in [0.15, 0.2) is 23.1 Å². The second-order valence-electron chi connectivity index (χ2n) is 6.94. The zero-order valence-electron chi connectivity index (χ0n) is 17.1. The lowest BCUT2D eigenvalue weighted by molar-refractivity contribution is -0.129. The summed E-state index contributed by atoms with van der Waals surface area (Å²) in [5.74, 6) is -1.28. The predicted octanol–water partition coefficient (Wildman–Crippen LogP) is 2.70. The van der Waals surface area contributed by atoms with Gasteiger partial charge in [-0.2, -0.15) is 8.78 Å². The van der Waals surface area contributed by atoms with Crippen molar-refractivity contribution in [2.45, 2.75) is 32.0 Å². The SMILES string of the molecule is CCCOc1cc([C@]2(c3ccc(OC(F)F)c(CN)c3)N=C(N)N(C)C2=O)ccc1F. The molecule has 7 nitrogen and oxygen atoms in total. The van der Waals surface area contributed by atoms with Crippen molar-refractivity contribution in [1.82, 2.24) is 4.90 Å². The van der Waals surface area contributed by atoms with Gasteiger partial charge in [0.1, 0.15) is 5.75 Å². The van der Waals surface area contributed by atoms with Crippen molar-refractivity contribution in [2.24, 2.45) is 16.5 Å². The molecular formula is C21H23F3N4O3. The molecule has 1 aliphatic heterocycles. The van der Waals surface area contributed by atoms with Gasteiger partial charge in [0.05, 0.1) is 6.61 Å². The van der Waals surface area contributed by atoms with Crippen LogP contribution in [0.5, 0.6) is 11.5 Å². The fourth-order valence-corrected chi connectivity index (χ4v) is 3.41. The number of aliphatic imine (C=N–C) groups is 1. The van der Waals surface area contributed by atoms with Gasteiger partial charge in [-0.05, 0) is 41.8 Å². The number of carbonyl (C=O) groups is 1. The Morgan fingerprint density at radius 2 is 1.84 bits per heavy atom. The molecule has 1 atom stereocenters. The van der Waals surface area contributed by atoms with Crippen LogP contribution >= 0.6 is 0 Å². The summed E-state index contributed by atoms with van der Waals surface area (Å²) in [6.45, 7) is -0.998. The summed E-state index contributed by atoms with van der Waals surface area (Å²) >= 11 is 0. The number of alkyl halides is 2. The van der Waals surface area contributed by atoms with Crippen LogP contribution in [0.1, 0.15) is 30.0 Å². The van der Waals surface area contributed by atoms with E-state index in [0.717, 1.165) is 0 Å². The third-order valence-corrected chi connectivity index (χ3v) is 4.96. The summed E-state index contributed by atoms with van der Waals surface area (Å²) in [5, 5.41) is 0. The minimum absolute atomic E-state index is 0.0356. The van der Waals surface area contributed by atoms with E-state index in [1.54, 1.807) is 0 Å². The molecule has 0 unspecified atom stereocenters. The Morgan fingerprint density at radius 1 is 1.16 bits per heavy atom. The van der Waals surface area contributed by atoms with Crippen molar-refractivity contribution < 1.29 is 27.4 Å². The van der Waals surface area contributed by atoms with E-state index in [0.29, 0.717) is 17.5 Å². The van der Waals surface area contributed by atoms with Crippen LogP contribution in [0.2, 0.25) is 0 Å². The molecule has 0 fully saturated rings. The second-order valence-corrected chi connectivity index (χ2v) is 6.94. The molecule has 0 saturated carbocycles. The molecule has 1 aliphatic rings. The molecule has 31 heavy (non-hydrogen) atoms. The largest absolute Gasteiger partial charge is 0.491 e. The maximum atomic E-state index is 14.3. The van der Waals surface area contributed by atoms with Crippen LogP contribution in [0.15, 0.2) is 41.4 Å². The Labute approximate surface area is 177 Å². The van der Waals surface area contributed by atoms with Gasteiger partial charge < -0.3 is 20.9 Å². The van der Waals surface area contributed by atoms with Crippen molar-refractivity contribution >= 4 is 11.9 Å². The highest BCUT2D eigenvalue weighted by Gasteiger charge is 2.50. The number of hydrogen-bond donors (Lipinski definition) is 2. The lowest BCUT2D eigenvalue weighted by Crippen LogP contribution is -2.41. The van der Waals surface area contributed by atoms with Crippen LogP contribution in [0.3, 0.4) is 0 Å². The summed E-state index contributed by atoms with van der Waals surface area (Å²) in [7, 11) is 1.46. The molecule has 2 aromatic rings. The molecule has 0 bridgehead atoms. The zero-order chi connectivity index (χ0) is 22.8. The molecule has 4 N–H and O–H groups in total. The van der Waals surface area contributed by atoms with E-state index in [1.165, 1.54) is 48.3 Å². The third-order valence-electron chi connectivity index (χ3n) is 4.96. The fourth-order valence-electron chi connectivity index (χ4n) is 3.41. The highest BCUT2D eigenvalue weighted by atomic mass is 19.3. The van der Waals surface area contributed by atoms with E-state index in [4.69, 9.17) is 16.2 Å². The van der Waals surface area contributed by atoms with Crippen molar-refractivity contribution in [3.05, 3.63) is 58.9 Å². The molecule has 0 spiro atoms. The summed E-state index contributed by atoms with van der Waals surface area (Å²) < 4.78 is 49.7. The maximum Gasteiger partial charge on any atom is 0.387 e. The van der Waals surface area contributed by atoms with E-state index in [1.807, 2.05) is 6.92 Å². The standard InChI is InChI=1S/C21H23F3N4O3/c1-3-8-30-17-10-14(4-6-15(17)22)21(18(29)28(2)20(26)27-21)13-5-7-16(31-19(23)24)12(9-13)11-25/h4-7,9-10,19H,3,8,11,25H2,1-2H3,(H2,26,27)/t21-/m0/s1. The predicted molar refractivity (Wildman–Crippen MR) is 108 cm³/mol. The molecule has 0 saturated heterocycles. The Hall–Kier alpha value is -3.27. The first-order valence-electron chi connectivity index (χ1n) is 9.59. The normalized spacial score (nSPS) is 18.5. The van der Waals surface area contributed by atoms with Gasteiger partial charge in [0.25, 0.3) is 5.91 Å². The number of rotatable bonds is 8. The van der Waals surface area contributed by atoms with Crippen LogP contribution in [0.25, 0.3) is 0 Å². The number of amides is 1. The van der Waals surface area contributed by atoms with Gasteiger partial charge in [-0.15, -0.1) is 0 Å². The van der Waals surface area contributed by atoms with E-state index >= 15 is 0 Å². The van der Waals surface area contributed by atoms with Gasteiger partial charge in [-0.25, -0.2) is 9.38 Å². The van der Waals surface area contributed by atoms with Crippen LogP contribution < -0.4 is 20.9 Å². The lowest BCUT2D eigenvalue weighted by atomic mass is 9.82. The quantitative estimate of drug-likeness (QED) is 0.662. The monoisotopic (exact) mass is 436 g/mol. The molecule has 3 rings (SSSR count). The topological polar surface area (TPSA) is 103 Å². The summed E-state index contributed by atoms with van der Waals surface area (Å²) in [6, 6.07) is 8.17. The average molecular weight is 436 g/mol.